The van der Waals surface area contributed by atoms with Crippen molar-refractivity contribution in [3.8, 4) is 0 Å². The Morgan fingerprint density at radius 3 is 2.44 bits per heavy atom. The molecule has 96 valence electrons. The van der Waals surface area contributed by atoms with Crippen LogP contribution in [0.4, 0.5) is 0 Å². The Bertz CT molecular complexity index is 209. The molecule has 0 aliphatic rings. The predicted molar refractivity (Wildman–Crippen MR) is 68.3 cm³/mol. The second kappa shape index (κ2) is 7.81. The number of aliphatic carboxylic acids is 1. The fourth-order valence-electron chi connectivity index (χ4n) is 1.51. The summed E-state index contributed by atoms with van der Waals surface area (Å²) in [4.78, 5) is 12.6. The molecule has 0 saturated carbocycles. The number of hydrogen-bond donors (Lipinski definition) is 1. The van der Waals surface area contributed by atoms with Gasteiger partial charge in [-0.1, -0.05) is 6.92 Å². The van der Waals surface area contributed by atoms with Crippen molar-refractivity contribution in [1.82, 2.24) is 4.90 Å². The smallest absolute Gasteiger partial charge is 0.304 e. The molecule has 4 nitrogen and oxygen atoms in total. The van der Waals surface area contributed by atoms with E-state index < -0.39 is 14.3 Å². The zero-order chi connectivity index (χ0) is 12.6. The van der Waals surface area contributed by atoms with E-state index in [1.165, 1.54) is 0 Å². The number of nitrogens with zero attached hydrogens (tertiary/aromatic N) is 1. The standard InChI is InChI=1S/C11H25NO3Si/c1-5-12(9-7-11(13)14)8-6-10-16(3,4)15-2/h5-10H2,1-4H3,(H,13,14). The summed E-state index contributed by atoms with van der Waals surface area (Å²) in [7, 11) is 0.341. The molecule has 0 aromatic rings. The highest BCUT2D eigenvalue weighted by Crippen LogP contribution is 2.12. The molecular weight excluding hydrogens is 222 g/mol. The second-order valence-electron chi connectivity index (χ2n) is 4.65. The zero-order valence-electron chi connectivity index (χ0n) is 11.0. The third-order valence-corrected chi connectivity index (χ3v) is 5.56. The maximum Gasteiger partial charge on any atom is 0.304 e. The van der Waals surface area contributed by atoms with Gasteiger partial charge in [-0.3, -0.25) is 4.79 Å². The first-order valence-electron chi connectivity index (χ1n) is 5.90. The first kappa shape index (κ1) is 15.6. The molecule has 0 rings (SSSR count). The van der Waals surface area contributed by atoms with E-state index in [4.69, 9.17) is 9.53 Å². The molecule has 5 heteroatoms. The van der Waals surface area contributed by atoms with E-state index in [1.54, 1.807) is 7.11 Å². The minimum Gasteiger partial charge on any atom is -0.481 e. The van der Waals surface area contributed by atoms with Crippen molar-refractivity contribution in [2.24, 2.45) is 0 Å². The molecule has 0 spiro atoms. The van der Waals surface area contributed by atoms with Crippen molar-refractivity contribution in [2.45, 2.75) is 38.9 Å². The fraction of sp³-hybridized carbons (Fsp3) is 0.909. The van der Waals surface area contributed by atoms with E-state index in [-0.39, 0.29) is 6.42 Å². The lowest BCUT2D eigenvalue weighted by molar-refractivity contribution is -0.137. The Labute approximate surface area is 99.7 Å². The molecule has 16 heavy (non-hydrogen) atoms. The van der Waals surface area contributed by atoms with Crippen LogP contribution in [0.25, 0.3) is 0 Å². The fourth-order valence-corrected chi connectivity index (χ4v) is 2.73. The van der Waals surface area contributed by atoms with Gasteiger partial charge in [0.05, 0.1) is 6.42 Å². The molecule has 0 fully saturated rings. The SMILES string of the molecule is CCN(CCC[Si](C)(C)OC)CCC(=O)O. The summed E-state index contributed by atoms with van der Waals surface area (Å²) in [5.41, 5.74) is 0. The summed E-state index contributed by atoms with van der Waals surface area (Å²) in [6, 6.07) is 1.13. The molecule has 0 aromatic heterocycles. The van der Waals surface area contributed by atoms with Gasteiger partial charge in [-0.2, -0.15) is 0 Å². The minimum atomic E-state index is -1.44. The largest absolute Gasteiger partial charge is 0.481 e. The molecule has 0 bridgehead atoms. The summed E-state index contributed by atoms with van der Waals surface area (Å²) >= 11 is 0. The van der Waals surface area contributed by atoms with Crippen molar-refractivity contribution >= 4 is 14.3 Å². The van der Waals surface area contributed by atoms with Gasteiger partial charge in [0.1, 0.15) is 0 Å². The Balaban J connectivity index is 3.74. The summed E-state index contributed by atoms with van der Waals surface area (Å²) in [5.74, 6) is -0.718. The molecule has 0 aliphatic carbocycles. The van der Waals surface area contributed by atoms with Gasteiger partial charge in [0, 0.05) is 13.7 Å². The summed E-state index contributed by atoms with van der Waals surface area (Å²) < 4.78 is 5.48. The quantitative estimate of drug-likeness (QED) is 0.633. The Hall–Kier alpha value is -0.393. The van der Waals surface area contributed by atoms with Crippen LogP contribution < -0.4 is 0 Å². The minimum absolute atomic E-state index is 0.235. The van der Waals surface area contributed by atoms with Gasteiger partial charge in [-0.15, -0.1) is 0 Å². The Kier molecular flexibility index (Phi) is 7.62. The lowest BCUT2D eigenvalue weighted by Crippen LogP contribution is -2.32. The molecule has 0 aromatic carbocycles. The molecular formula is C11H25NO3Si. The van der Waals surface area contributed by atoms with E-state index in [0.717, 1.165) is 25.6 Å². The summed E-state index contributed by atoms with van der Waals surface area (Å²) in [6.45, 7) is 9.04. The van der Waals surface area contributed by atoms with Crippen LogP contribution in [0.15, 0.2) is 0 Å². The third kappa shape index (κ3) is 7.84. The van der Waals surface area contributed by atoms with E-state index in [0.29, 0.717) is 6.54 Å². The molecule has 0 radical (unpaired) electrons. The molecule has 0 amide bonds. The molecule has 0 saturated heterocycles. The highest BCUT2D eigenvalue weighted by Gasteiger charge is 2.20. The Morgan fingerprint density at radius 1 is 1.38 bits per heavy atom. The average Bonchev–Trinajstić information content (AvgIpc) is 2.22. The molecule has 0 aliphatic heterocycles. The molecule has 0 heterocycles. The number of carbonyl (C=O) groups is 1. The van der Waals surface area contributed by atoms with Crippen molar-refractivity contribution < 1.29 is 14.3 Å². The van der Waals surface area contributed by atoms with Crippen molar-refractivity contribution in [1.29, 1.82) is 0 Å². The predicted octanol–water partition coefficient (Wildman–Crippen LogP) is 2.02. The number of carboxylic acids is 1. The third-order valence-electron chi connectivity index (χ3n) is 2.89. The van der Waals surface area contributed by atoms with Crippen LogP contribution in [-0.4, -0.2) is 51.0 Å². The van der Waals surface area contributed by atoms with Crippen LogP contribution in [-0.2, 0) is 9.22 Å². The number of rotatable bonds is 9. The highest BCUT2D eigenvalue weighted by atomic mass is 28.4. The van der Waals surface area contributed by atoms with Gasteiger partial charge in [0.25, 0.3) is 0 Å². The maximum atomic E-state index is 10.5. The van der Waals surface area contributed by atoms with E-state index in [1.807, 2.05) is 0 Å². The van der Waals surface area contributed by atoms with Crippen molar-refractivity contribution in [3.05, 3.63) is 0 Å². The van der Waals surface area contributed by atoms with Crippen LogP contribution in [0.3, 0.4) is 0 Å². The van der Waals surface area contributed by atoms with Crippen LogP contribution in [0, 0.1) is 0 Å². The van der Waals surface area contributed by atoms with Gasteiger partial charge in [0.2, 0.25) is 0 Å². The van der Waals surface area contributed by atoms with Crippen LogP contribution in [0.5, 0.6) is 0 Å². The lowest BCUT2D eigenvalue weighted by atomic mass is 10.3. The van der Waals surface area contributed by atoms with E-state index in [9.17, 15) is 4.79 Å². The van der Waals surface area contributed by atoms with Gasteiger partial charge in [-0.25, -0.2) is 0 Å². The van der Waals surface area contributed by atoms with E-state index >= 15 is 0 Å². The zero-order valence-corrected chi connectivity index (χ0v) is 12.0. The number of carboxylic acid groups (broad SMARTS) is 1. The maximum absolute atomic E-state index is 10.5. The summed E-state index contributed by atoms with van der Waals surface area (Å²) in [5, 5.41) is 8.61. The number of hydrogen-bond acceptors (Lipinski definition) is 3. The van der Waals surface area contributed by atoms with Gasteiger partial charge < -0.3 is 14.4 Å². The first-order chi connectivity index (χ1) is 7.41. The summed E-state index contributed by atoms with van der Waals surface area (Å²) in [6.07, 6.45) is 1.33. The van der Waals surface area contributed by atoms with Crippen LogP contribution >= 0.6 is 0 Å². The van der Waals surface area contributed by atoms with Gasteiger partial charge >= 0.3 is 5.97 Å². The highest BCUT2D eigenvalue weighted by molar-refractivity contribution is 6.71. The topological polar surface area (TPSA) is 49.8 Å². The lowest BCUT2D eigenvalue weighted by Gasteiger charge is -2.23. The van der Waals surface area contributed by atoms with Crippen LogP contribution in [0.1, 0.15) is 19.8 Å². The van der Waals surface area contributed by atoms with Crippen molar-refractivity contribution in [3.63, 3.8) is 0 Å². The van der Waals surface area contributed by atoms with Gasteiger partial charge in [0.15, 0.2) is 8.32 Å². The molecule has 1 N–H and O–H groups in total. The second-order valence-corrected chi connectivity index (χ2v) is 9.07. The molecule has 0 unspecified atom stereocenters. The molecule has 0 atom stereocenters. The van der Waals surface area contributed by atoms with Crippen molar-refractivity contribution in [2.75, 3.05) is 26.7 Å². The van der Waals surface area contributed by atoms with Gasteiger partial charge in [-0.05, 0) is 38.6 Å². The average molecular weight is 247 g/mol. The Morgan fingerprint density at radius 2 is 2.00 bits per heavy atom. The van der Waals surface area contributed by atoms with E-state index in [2.05, 4.69) is 24.9 Å². The normalized spacial score (nSPS) is 12.1. The monoisotopic (exact) mass is 247 g/mol. The first-order valence-corrected chi connectivity index (χ1v) is 9.02. The van der Waals surface area contributed by atoms with Crippen LogP contribution in [0.2, 0.25) is 19.1 Å².